The Morgan fingerprint density at radius 1 is 0.958 bits per heavy atom. The monoisotopic (exact) mass is 317 g/mol. The molecule has 0 spiro atoms. The maximum absolute atomic E-state index is 4.83. The molecule has 0 bridgehead atoms. The van der Waals surface area contributed by atoms with Gasteiger partial charge in [-0.15, -0.1) is 10.2 Å². The van der Waals surface area contributed by atoms with Gasteiger partial charge in [-0.25, -0.2) is 9.38 Å². The zero-order valence-corrected chi connectivity index (χ0v) is 14.0. The predicted octanol–water partition coefficient (Wildman–Crippen LogP) is 4.20. The van der Waals surface area contributed by atoms with Crippen LogP contribution in [0.5, 0.6) is 0 Å². The molecule has 0 aliphatic carbocycles. The van der Waals surface area contributed by atoms with E-state index in [0.29, 0.717) is 0 Å². The fourth-order valence-electron chi connectivity index (χ4n) is 3.07. The number of fused-ring (bicyclic) bond motifs is 3. The number of nitrogens with one attached hydrogen (secondary N) is 1. The Labute approximate surface area is 140 Å². The molecule has 0 atom stereocenters. The molecule has 0 radical (unpaired) electrons. The van der Waals surface area contributed by atoms with Crippen molar-refractivity contribution in [3.8, 4) is 0 Å². The van der Waals surface area contributed by atoms with E-state index in [1.54, 1.807) is 0 Å². The van der Waals surface area contributed by atoms with Crippen LogP contribution in [0.3, 0.4) is 0 Å². The second-order valence-electron chi connectivity index (χ2n) is 5.97. The molecule has 2 aromatic heterocycles. The minimum atomic E-state index is 0.753. The molecule has 4 aromatic rings. The van der Waals surface area contributed by atoms with Gasteiger partial charge in [-0.05, 0) is 37.1 Å². The molecule has 2 heterocycles. The first kappa shape index (κ1) is 14.6. The third-order valence-electron chi connectivity index (χ3n) is 4.35. The van der Waals surface area contributed by atoms with Gasteiger partial charge >= 0.3 is 0 Å². The maximum Gasteiger partial charge on any atom is 0.215 e. The van der Waals surface area contributed by atoms with Gasteiger partial charge < -0.3 is 5.32 Å². The second kappa shape index (κ2) is 5.60. The Kier molecular flexibility index (Phi) is 3.41. The van der Waals surface area contributed by atoms with Crippen LogP contribution < -0.4 is 5.32 Å². The van der Waals surface area contributed by atoms with Crippen LogP contribution in [-0.4, -0.2) is 19.6 Å². The van der Waals surface area contributed by atoms with Crippen molar-refractivity contribution in [2.24, 2.45) is 0 Å². The number of nitrogens with zero attached hydrogens (tertiary/aromatic N) is 4. The van der Waals surface area contributed by atoms with Crippen LogP contribution in [0, 0.1) is 13.8 Å². The van der Waals surface area contributed by atoms with Crippen LogP contribution >= 0.6 is 0 Å². The van der Waals surface area contributed by atoms with Crippen molar-refractivity contribution >= 4 is 28.2 Å². The summed E-state index contributed by atoms with van der Waals surface area (Å²) in [6, 6.07) is 14.3. The SMILES string of the molecule is CCc1nnc2c3ccccc3nc(Nc3c(C)cccc3C)n12. The summed E-state index contributed by atoms with van der Waals surface area (Å²) in [4.78, 5) is 4.83. The zero-order chi connectivity index (χ0) is 16.7. The van der Waals surface area contributed by atoms with Gasteiger partial charge in [0.25, 0.3) is 0 Å². The first-order valence-electron chi connectivity index (χ1n) is 8.15. The smallest absolute Gasteiger partial charge is 0.215 e. The number of aromatic nitrogens is 4. The highest BCUT2D eigenvalue weighted by atomic mass is 15.3. The molecular weight excluding hydrogens is 298 g/mol. The summed E-state index contributed by atoms with van der Waals surface area (Å²) in [5.41, 5.74) is 5.20. The van der Waals surface area contributed by atoms with Gasteiger partial charge in [-0.3, -0.25) is 0 Å². The largest absolute Gasteiger partial charge is 0.325 e. The fraction of sp³-hybridized carbons (Fsp3) is 0.211. The number of hydrogen-bond acceptors (Lipinski definition) is 4. The van der Waals surface area contributed by atoms with E-state index < -0.39 is 0 Å². The number of benzene rings is 2. The Hall–Kier alpha value is -2.95. The molecule has 0 aliphatic heterocycles. The third kappa shape index (κ3) is 2.21. The second-order valence-corrected chi connectivity index (χ2v) is 5.97. The van der Waals surface area contributed by atoms with Crippen LogP contribution in [0.25, 0.3) is 16.6 Å². The summed E-state index contributed by atoms with van der Waals surface area (Å²) >= 11 is 0. The zero-order valence-electron chi connectivity index (χ0n) is 14.0. The van der Waals surface area contributed by atoms with Crippen LogP contribution in [0.2, 0.25) is 0 Å². The van der Waals surface area contributed by atoms with Crippen molar-refractivity contribution in [2.75, 3.05) is 5.32 Å². The Morgan fingerprint density at radius 3 is 2.46 bits per heavy atom. The van der Waals surface area contributed by atoms with Crippen LogP contribution in [-0.2, 0) is 6.42 Å². The third-order valence-corrected chi connectivity index (χ3v) is 4.35. The van der Waals surface area contributed by atoms with E-state index in [-0.39, 0.29) is 0 Å². The molecular formula is C19H19N5. The molecule has 0 saturated heterocycles. The Balaban J connectivity index is 2.00. The highest BCUT2D eigenvalue weighted by Gasteiger charge is 2.15. The van der Waals surface area contributed by atoms with Gasteiger partial charge in [-0.1, -0.05) is 37.3 Å². The lowest BCUT2D eigenvalue weighted by Gasteiger charge is -2.14. The standard InChI is InChI=1S/C19H19N5/c1-4-16-22-23-18-14-10-5-6-11-15(14)20-19(24(16)18)21-17-12(2)8-7-9-13(17)3/h5-11H,4H2,1-3H3,(H,20,21). The summed E-state index contributed by atoms with van der Waals surface area (Å²) in [5.74, 6) is 1.65. The van der Waals surface area contributed by atoms with Crippen LogP contribution in [0.15, 0.2) is 42.5 Å². The van der Waals surface area contributed by atoms with Gasteiger partial charge in [0.05, 0.1) is 5.52 Å². The lowest BCUT2D eigenvalue weighted by Crippen LogP contribution is -2.07. The van der Waals surface area contributed by atoms with Crippen molar-refractivity contribution in [1.82, 2.24) is 19.6 Å². The highest BCUT2D eigenvalue weighted by Crippen LogP contribution is 2.27. The van der Waals surface area contributed by atoms with Crippen LogP contribution in [0.4, 0.5) is 11.6 Å². The average molecular weight is 317 g/mol. The topological polar surface area (TPSA) is 55.1 Å². The maximum atomic E-state index is 4.83. The summed E-state index contributed by atoms with van der Waals surface area (Å²) in [7, 11) is 0. The van der Waals surface area contributed by atoms with Gasteiger partial charge in [0.2, 0.25) is 5.95 Å². The first-order valence-corrected chi connectivity index (χ1v) is 8.15. The van der Waals surface area contributed by atoms with E-state index in [1.165, 1.54) is 11.1 Å². The summed E-state index contributed by atoms with van der Waals surface area (Å²) in [6.07, 6.45) is 0.794. The van der Waals surface area contributed by atoms with E-state index in [9.17, 15) is 0 Å². The Morgan fingerprint density at radius 2 is 1.71 bits per heavy atom. The Bertz CT molecular complexity index is 1030. The lowest BCUT2D eigenvalue weighted by molar-refractivity contribution is 0.904. The molecule has 0 unspecified atom stereocenters. The van der Waals surface area contributed by atoms with E-state index >= 15 is 0 Å². The molecule has 0 saturated carbocycles. The number of rotatable bonds is 3. The molecule has 5 nitrogen and oxygen atoms in total. The van der Waals surface area contributed by atoms with E-state index in [1.807, 2.05) is 28.7 Å². The van der Waals surface area contributed by atoms with Crippen molar-refractivity contribution in [3.05, 3.63) is 59.4 Å². The number of hydrogen-bond donors (Lipinski definition) is 1. The molecule has 2 aromatic carbocycles. The van der Waals surface area contributed by atoms with E-state index in [4.69, 9.17) is 4.98 Å². The minimum Gasteiger partial charge on any atom is -0.325 e. The molecule has 4 rings (SSSR count). The lowest BCUT2D eigenvalue weighted by atomic mass is 10.1. The van der Waals surface area contributed by atoms with Crippen LogP contribution in [0.1, 0.15) is 23.9 Å². The van der Waals surface area contributed by atoms with Gasteiger partial charge in [0, 0.05) is 17.5 Å². The first-order chi connectivity index (χ1) is 11.7. The highest BCUT2D eigenvalue weighted by molar-refractivity contribution is 5.92. The molecule has 0 amide bonds. The molecule has 0 fully saturated rings. The molecule has 0 aliphatic rings. The number of anilines is 2. The van der Waals surface area contributed by atoms with E-state index in [0.717, 1.165) is 40.4 Å². The fourth-order valence-corrected chi connectivity index (χ4v) is 3.07. The molecule has 24 heavy (non-hydrogen) atoms. The predicted molar refractivity (Wildman–Crippen MR) is 96.9 cm³/mol. The van der Waals surface area contributed by atoms with Gasteiger partial charge in [0.15, 0.2) is 5.65 Å². The van der Waals surface area contributed by atoms with Crippen molar-refractivity contribution in [3.63, 3.8) is 0 Å². The number of para-hydroxylation sites is 2. The quantitative estimate of drug-likeness (QED) is 0.615. The minimum absolute atomic E-state index is 0.753. The normalized spacial score (nSPS) is 11.3. The molecule has 1 N–H and O–H groups in total. The van der Waals surface area contributed by atoms with Crippen molar-refractivity contribution in [1.29, 1.82) is 0 Å². The molecule has 120 valence electrons. The van der Waals surface area contributed by atoms with E-state index in [2.05, 4.69) is 54.5 Å². The molecule has 5 heteroatoms. The van der Waals surface area contributed by atoms with Crippen molar-refractivity contribution in [2.45, 2.75) is 27.2 Å². The summed E-state index contributed by atoms with van der Waals surface area (Å²) in [5, 5.41) is 13.3. The average Bonchev–Trinajstić information content (AvgIpc) is 3.03. The summed E-state index contributed by atoms with van der Waals surface area (Å²) < 4.78 is 2.02. The van der Waals surface area contributed by atoms with Gasteiger partial charge in [0.1, 0.15) is 5.82 Å². The van der Waals surface area contributed by atoms with Crippen molar-refractivity contribution < 1.29 is 0 Å². The van der Waals surface area contributed by atoms with Gasteiger partial charge in [-0.2, -0.15) is 0 Å². The summed E-state index contributed by atoms with van der Waals surface area (Å²) in [6.45, 7) is 6.27. The number of aryl methyl sites for hydroxylation is 3.